The molecule has 0 bridgehead atoms. The number of thioether (sulfide) groups is 1. The van der Waals surface area contributed by atoms with E-state index in [2.05, 4.69) is 10.3 Å². The number of aliphatic imine (C=N–C) groups is 1. The molecule has 0 atom stereocenters. The van der Waals surface area contributed by atoms with Gasteiger partial charge in [0, 0.05) is 16.9 Å². The van der Waals surface area contributed by atoms with Crippen LogP contribution in [0.3, 0.4) is 0 Å². The Bertz CT molecular complexity index is 468. The number of carbonyl (C=O) groups excluding carboxylic acids is 1. The van der Waals surface area contributed by atoms with Crippen molar-refractivity contribution in [3.63, 3.8) is 0 Å². The highest BCUT2D eigenvalue weighted by molar-refractivity contribution is 8.14. The lowest BCUT2D eigenvalue weighted by molar-refractivity contribution is -0.115. The second kappa shape index (κ2) is 5.89. The normalized spacial score (nSPS) is 15.0. The summed E-state index contributed by atoms with van der Waals surface area (Å²) in [7, 11) is 0. The van der Waals surface area contributed by atoms with Gasteiger partial charge in [-0.05, 0) is 23.8 Å². The van der Waals surface area contributed by atoms with E-state index in [0.29, 0.717) is 10.2 Å². The van der Waals surface area contributed by atoms with Crippen LogP contribution in [0.2, 0.25) is 5.02 Å². The van der Waals surface area contributed by atoms with Crippen molar-refractivity contribution >= 4 is 40.5 Å². The summed E-state index contributed by atoms with van der Waals surface area (Å²) in [6, 6.07) is 7.29. The lowest BCUT2D eigenvalue weighted by Gasteiger charge is -1.98. The van der Waals surface area contributed by atoms with Gasteiger partial charge in [0.05, 0.1) is 6.54 Å². The number of rotatable bonds is 2. The highest BCUT2D eigenvalue weighted by Crippen LogP contribution is 2.11. The molecule has 88 valence electrons. The van der Waals surface area contributed by atoms with E-state index >= 15 is 0 Å². The molecule has 0 radical (unpaired) electrons. The van der Waals surface area contributed by atoms with Crippen LogP contribution in [0.25, 0.3) is 6.08 Å². The van der Waals surface area contributed by atoms with Crippen molar-refractivity contribution in [1.29, 1.82) is 0 Å². The van der Waals surface area contributed by atoms with Crippen molar-refractivity contribution in [2.24, 2.45) is 4.99 Å². The number of hydrogen-bond donors (Lipinski definition) is 1. The zero-order valence-corrected chi connectivity index (χ0v) is 10.6. The highest BCUT2D eigenvalue weighted by Gasteiger charge is 2.08. The molecule has 5 heteroatoms. The third-order valence-electron chi connectivity index (χ3n) is 2.11. The molecular weight excluding hydrogens is 256 g/mol. The third kappa shape index (κ3) is 3.91. The van der Waals surface area contributed by atoms with Crippen molar-refractivity contribution in [2.45, 2.75) is 0 Å². The van der Waals surface area contributed by atoms with Crippen LogP contribution in [0.15, 0.2) is 35.3 Å². The SMILES string of the molecule is O=C(/C=C/c1ccc(Cl)cc1)NC1=NCCS1. The number of halogens is 1. The fourth-order valence-electron chi connectivity index (χ4n) is 1.30. The number of nitrogens with one attached hydrogen (secondary N) is 1. The Morgan fingerprint density at radius 3 is 2.82 bits per heavy atom. The minimum atomic E-state index is -0.159. The zero-order valence-electron chi connectivity index (χ0n) is 9.02. The molecular formula is C12H11ClN2OS. The maximum Gasteiger partial charge on any atom is 0.249 e. The maximum atomic E-state index is 11.5. The summed E-state index contributed by atoms with van der Waals surface area (Å²) in [5.41, 5.74) is 0.936. The molecule has 1 aliphatic heterocycles. The minimum Gasteiger partial charge on any atom is -0.302 e. The molecule has 0 aliphatic carbocycles. The highest BCUT2D eigenvalue weighted by atomic mass is 35.5. The fourth-order valence-corrected chi connectivity index (χ4v) is 2.16. The predicted octanol–water partition coefficient (Wildman–Crippen LogP) is 2.57. The summed E-state index contributed by atoms with van der Waals surface area (Å²) < 4.78 is 0. The topological polar surface area (TPSA) is 41.5 Å². The molecule has 1 heterocycles. The van der Waals surface area contributed by atoms with Gasteiger partial charge < -0.3 is 5.32 Å². The summed E-state index contributed by atoms with van der Waals surface area (Å²) in [5, 5.41) is 4.11. The second-order valence-corrected chi connectivity index (χ2v) is 4.93. The lowest BCUT2D eigenvalue weighted by atomic mass is 10.2. The van der Waals surface area contributed by atoms with Crippen molar-refractivity contribution in [2.75, 3.05) is 12.3 Å². The van der Waals surface area contributed by atoms with Crippen LogP contribution in [-0.4, -0.2) is 23.4 Å². The molecule has 0 saturated carbocycles. The Hall–Kier alpha value is -1.26. The summed E-state index contributed by atoms with van der Waals surface area (Å²) in [5.74, 6) is 0.782. The minimum absolute atomic E-state index is 0.159. The molecule has 3 nitrogen and oxygen atoms in total. The van der Waals surface area contributed by atoms with Crippen molar-refractivity contribution < 1.29 is 4.79 Å². The van der Waals surface area contributed by atoms with E-state index < -0.39 is 0 Å². The summed E-state index contributed by atoms with van der Waals surface area (Å²) in [4.78, 5) is 15.7. The first-order valence-corrected chi connectivity index (χ1v) is 6.52. The van der Waals surface area contributed by atoms with Gasteiger partial charge in [-0.2, -0.15) is 0 Å². The van der Waals surface area contributed by atoms with Gasteiger partial charge >= 0.3 is 0 Å². The summed E-state index contributed by atoms with van der Waals surface area (Å²) in [6.45, 7) is 0.779. The van der Waals surface area contributed by atoms with E-state index in [9.17, 15) is 4.79 Å². The van der Waals surface area contributed by atoms with Crippen LogP contribution >= 0.6 is 23.4 Å². The Morgan fingerprint density at radius 2 is 2.18 bits per heavy atom. The molecule has 1 aromatic carbocycles. The number of carbonyl (C=O) groups is 1. The molecule has 0 saturated heterocycles. The largest absolute Gasteiger partial charge is 0.302 e. The van der Waals surface area contributed by atoms with Gasteiger partial charge in [-0.1, -0.05) is 35.5 Å². The van der Waals surface area contributed by atoms with Crippen LogP contribution in [0.5, 0.6) is 0 Å². The molecule has 1 N–H and O–H groups in total. The summed E-state index contributed by atoms with van der Waals surface area (Å²) in [6.07, 6.45) is 3.23. The average molecular weight is 267 g/mol. The smallest absolute Gasteiger partial charge is 0.249 e. The molecule has 0 fully saturated rings. The number of hydrogen-bond acceptors (Lipinski definition) is 3. The summed E-state index contributed by atoms with van der Waals surface area (Å²) >= 11 is 7.33. The number of nitrogens with zero attached hydrogens (tertiary/aromatic N) is 1. The molecule has 2 rings (SSSR count). The van der Waals surface area contributed by atoms with Crippen LogP contribution in [0.4, 0.5) is 0 Å². The Kier molecular flexibility index (Phi) is 4.23. The third-order valence-corrected chi connectivity index (χ3v) is 3.26. The molecule has 17 heavy (non-hydrogen) atoms. The molecule has 1 amide bonds. The van der Waals surface area contributed by atoms with Crippen LogP contribution in [0.1, 0.15) is 5.56 Å². The number of benzene rings is 1. The predicted molar refractivity (Wildman–Crippen MR) is 73.4 cm³/mol. The standard InChI is InChI=1S/C12H11ClN2OS/c13-10-4-1-9(2-5-10)3-6-11(16)15-12-14-7-8-17-12/h1-6H,7-8H2,(H,14,15,16)/b6-3+. The van der Waals surface area contributed by atoms with E-state index in [0.717, 1.165) is 17.9 Å². The van der Waals surface area contributed by atoms with Gasteiger partial charge in [0.2, 0.25) is 5.91 Å². The molecule has 1 aromatic rings. The first-order valence-electron chi connectivity index (χ1n) is 5.16. The average Bonchev–Trinajstić information content (AvgIpc) is 2.81. The van der Waals surface area contributed by atoms with E-state index in [1.807, 2.05) is 12.1 Å². The van der Waals surface area contributed by atoms with Gasteiger partial charge in [0.25, 0.3) is 0 Å². The molecule has 0 unspecified atom stereocenters. The molecule has 0 aromatic heterocycles. The van der Waals surface area contributed by atoms with Crippen LogP contribution in [0, 0.1) is 0 Å². The maximum absolute atomic E-state index is 11.5. The Balaban J connectivity index is 1.91. The first-order chi connectivity index (χ1) is 8.24. The van der Waals surface area contributed by atoms with Gasteiger partial charge in [0.15, 0.2) is 5.17 Å². The van der Waals surface area contributed by atoms with Crippen molar-refractivity contribution in [1.82, 2.24) is 5.32 Å². The van der Waals surface area contributed by atoms with Crippen LogP contribution in [-0.2, 0) is 4.79 Å². The van der Waals surface area contributed by atoms with E-state index in [1.165, 1.54) is 6.08 Å². The van der Waals surface area contributed by atoms with Crippen molar-refractivity contribution in [3.8, 4) is 0 Å². The van der Waals surface area contributed by atoms with E-state index in [1.54, 1.807) is 30.0 Å². The quantitative estimate of drug-likeness (QED) is 0.836. The van der Waals surface area contributed by atoms with E-state index in [-0.39, 0.29) is 5.91 Å². The van der Waals surface area contributed by atoms with Gasteiger partial charge in [-0.25, -0.2) is 0 Å². The van der Waals surface area contributed by atoms with Crippen molar-refractivity contribution in [3.05, 3.63) is 40.9 Å². The lowest BCUT2D eigenvalue weighted by Crippen LogP contribution is -2.25. The number of amidine groups is 1. The van der Waals surface area contributed by atoms with Gasteiger partial charge in [-0.3, -0.25) is 9.79 Å². The Morgan fingerprint density at radius 1 is 1.41 bits per heavy atom. The van der Waals surface area contributed by atoms with E-state index in [4.69, 9.17) is 11.6 Å². The number of amides is 1. The zero-order chi connectivity index (χ0) is 12.1. The van der Waals surface area contributed by atoms with Gasteiger partial charge in [-0.15, -0.1) is 0 Å². The van der Waals surface area contributed by atoms with Gasteiger partial charge in [0.1, 0.15) is 0 Å². The molecule has 1 aliphatic rings. The monoisotopic (exact) mass is 266 g/mol. The molecule has 0 spiro atoms. The fraction of sp³-hybridized carbons (Fsp3) is 0.167. The Labute approximate surface area is 109 Å². The second-order valence-electron chi connectivity index (χ2n) is 3.41. The first kappa shape index (κ1) is 12.2. The van der Waals surface area contributed by atoms with Crippen LogP contribution < -0.4 is 5.32 Å².